The van der Waals surface area contributed by atoms with Crippen molar-refractivity contribution in [3.63, 3.8) is 0 Å². The van der Waals surface area contributed by atoms with Crippen LogP contribution in [0.1, 0.15) is 35.5 Å². The van der Waals surface area contributed by atoms with E-state index in [2.05, 4.69) is 21.0 Å². The smallest absolute Gasteiger partial charge is 0.124 e. The molecule has 1 aromatic heterocycles. The largest absolute Gasteiger partial charge is 0.496 e. The lowest BCUT2D eigenvalue weighted by atomic mass is 10.1. The zero-order valence-electron chi connectivity index (χ0n) is 12.1. The van der Waals surface area contributed by atoms with E-state index in [1.807, 2.05) is 36.7 Å². The van der Waals surface area contributed by atoms with Crippen molar-refractivity contribution in [3.8, 4) is 5.75 Å². The highest BCUT2D eigenvalue weighted by Crippen LogP contribution is 2.26. The van der Waals surface area contributed by atoms with Gasteiger partial charge in [0.2, 0.25) is 0 Å². The average Bonchev–Trinajstić information content (AvgIpc) is 2.64. The fourth-order valence-electron chi connectivity index (χ4n) is 2.50. The van der Waals surface area contributed by atoms with Crippen LogP contribution in [0.25, 0.3) is 0 Å². The van der Waals surface area contributed by atoms with Gasteiger partial charge in [0.15, 0.2) is 0 Å². The second-order valence-electron chi connectivity index (χ2n) is 4.87. The van der Waals surface area contributed by atoms with Gasteiger partial charge in [0.1, 0.15) is 5.75 Å². The zero-order chi connectivity index (χ0) is 14.9. The molecular weight excluding hydrogens is 320 g/mol. The van der Waals surface area contributed by atoms with E-state index in [0.29, 0.717) is 6.54 Å². The number of hydrogen-bond donors (Lipinski definition) is 1. The summed E-state index contributed by atoms with van der Waals surface area (Å²) in [5.74, 6) is 0.833. The molecule has 0 amide bonds. The number of aliphatic hydroxyl groups is 1. The van der Waals surface area contributed by atoms with Gasteiger partial charge in [-0.3, -0.25) is 4.68 Å². The number of ether oxygens (including phenoxy) is 1. The first kappa shape index (κ1) is 15.1. The SMILES string of the molecule is COc1ccc(Br)cc1Cn1nc(C)c(C(C)O)c1C. The second kappa shape index (κ2) is 5.97. The molecule has 108 valence electrons. The number of hydrogen-bond acceptors (Lipinski definition) is 3. The monoisotopic (exact) mass is 338 g/mol. The van der Waals surface area contributed by atoms with Gasteiger partial charge < -0.3 is 9.84 Å². The van der Waals surface area contributed by atoms with Gasteiger partial charge in [-0.2, -0.15) is 5.10 Å². The molecule has 1 atom stereocenters. The Morgan fingerprint density at radius 1 is 1.40 bits per heavy atom. The van der Waals surface area contributed by atoms with Gasteiger partial charge in [-0.1, -0.05) is 15.9 Å². The summed E-state index contributed by atoms with van der Waals surface area (Å²) in [6.45, 7) is 6.28. The van der Waals surface area contributed by atoms with Crippen molar-refractivity contribution in [2.24, 2.45) is 0 Å². The Morgan fingerprint density at radius 3 is 2.65 bits per heavy atom. The van der Waals surface area contributed by atoms with E-state index < -0.39 is 6.10 Å². The molecule has 0 spiro atoms. The van der Waals surface area contributed by atoms with Gasteiger partial charge in [0.25, 0.3) is 0 Å². The van der Waals surface area contributed by atoms with Crippen LogP contribution in [-0.2, 0) is 6.54 Å². The molecule has 2 rings (SSSR count). The molecule has 1 unspecified atom stereocenters. The summed E-state index contributed by atoms with van der Waals surface area (Å²) < 4.78 is 8.30. The van der Waals surface area contributed by atoms with Crippen molar-refractivity contribution in [1.29, 1.82) is 0 Å². The molecule has 0 saturated carbocycles. The summed E-state index contributed by atoms with van der Waals surface area (Å²) in [6, 6.07) is 5.91. The predicted octanol–water partition coefficient (Wildman–Crippen LogP) is 3.37. The quantitative estimate of drug-likeness (QED) is 0.929. The molecule has 0 aliphatic heterocycles. The number of halogens is 1. The second-order valence-corrected chi connectivity index (χ2v) is 5.79. The van der Waals surface area contributed by atoms with E-state index in [0.717, 1.165) is 32.7 Å². The highest BCUT2D eigenvalue weighted by molar-refractivity contribution is 9.10. The van der Waals surface area contributed by atoms with Gasteiger partial charge >= 0.3 is 0 Å². The number of aliphatic hydroxyl groups excluding tert-OH is 1. The van der Waals surface area contributed by atoms with Crippen LogP contribution < -0.4 is 4.74 Å². The normalized spacial score (nSPS) is 12.5. The standard InChI is InChI=1S/C15H19BrN2O2/c1-9-15(11(3)19)10(2)18(17-9)8-12-7-13(16)5-6-14(12)20-4/h5-7,11,19H,8H2,1-4H3. The van der Waals surface area contributed by atoms with E-state index >= 15 is 0 Å². The Kier molecular flexibility index (Phi) is 4.50. The minimum absolute atomic E-state index is 0.506. The molecule has 0 fully saturated rings. The molecule has 0 aliphatic rings. The van der Waals surface area contributed by atoms with Crippen LogP contribution in [0.2, 0.25) is 0 Å². The molecule has 0 radical (unpaired) electrons. The summed E-state index contributed by atoms with van der Waals surface area (Å²) in [6.07, 6.45) is -0.506. The minimum atomic E-state index is -0.506. The fourth-order valence-corrected chi connectivity index (χ4v) is 2.91. The lowest BCUT2D eigenvalue weighted by Crippen LogP contribution is -2.06. The number of rotatable bonds is 4. The predicted molar refractivity (Wildman–Crippen MR) is 82.1 cm³/mol. The third-order valence-corrected chi connectivity index (χ3v) is 3.91. The Balaban J connectivity index is 2.40. The summed E-state index contributed by atoms with van der Waals surface area (Å²) >= 11 is 3.48. The number of aryl methyl sites for hydroxylation is 1. The average molecular weight is 339 g/mol. The van der Waals surface area contributed by atoms with Gasteiger partial charge in [-0.25, -0.2) is 0 Å². The van der Waals surface area contributed by atoms with Crippen molar-refractivity contribution in [2.45, 2.75) is 33.4 Å². The first-order valence-electron chi connectivity index (χ1n) is 6.48. The van der Waals surface area contributed by atoms with Crippen LogP contribution in [0.3, 0.4) is 0 Å². The third-order valence-electron chi connectivity index (χ3n) is 3.42. The van der Waals surface area contributed by atoms with Gasteiger partial charge in [-0.15, -0.1) is 0 Å². The number of benzene rings is 1. The molecule has 1 N–H and O–H groups in total. The molecular formula is C15H19BrN2O2. The Labute approximate surface area is 127 Å². The Hall–Kier alpha value is -1.33. The van der Waals surface area contributed by atoms with Crippen molar-refractivity contribution in [2.75, 3.05) is 7.11 Å². The van der Waals surface area contributed by atoms with Gasteiger partial charge in [-0.05, 0) is 39.0 Å². The molecule has 20 heavy (non-hydrogen) atoms. The molecule has 0 saturated heterocycles. The molecule has 1 aromatic carbocycles. The van der Waals surface area contributed by atoms with Crippen molar-refractivity contribution in [3.05, 3.63) is 45.2 Å². The van der Waals surface area contributed by atoms with Crippen molar-refractivity contribution in [1.82, 2.24) is 9.78 Å². The van der Waals surface area contributed by atoms with E-state index in [-0.39, 0.29) is 0 Å². The lowest BCUT2D eigenvalue weighted by Gasteiger charge is -2.11. The fraction of sp³-hybridized carbons (Fsp3) is 0.400. The van der Waals surface area contributed by atoms with Crippen LogP contribution in [0.15, 0.2) is 22.7 Å². The Bertz CT molecular complexity index is 621. The van der Waals surface area contributed by atoms with E-state index in [4.69, 9.17) is 4.74 Å². The molecule has 1 heterocycles. The molecule has 2 aromatic rings. The maximum Gasteiger partial charge on any atom is 0.124 e. The number of methoxy groups -OCH3 is 1. The zero-order valence-corrected chi connectivity index (χ0v) is 13.7. The first-order chi connectivity index (χ1) is 9.43. The maximum atomic E-state index is 9.82. The number of aromatic nitrogens is 2. The molecule has 0 aliphatic carbocycles. The maximum absolute atomic E-state index is 9.82. The first-order valence-corrected chi connectivity index (χ1v) is 7.27. The van der Waals surface area contributed by atoms with E-state index in [9.17, 15) is 5.11 Å². The highest BCUT2D eigenvalue weighted by Gasteiger charge is 2.16. The molecule has 4 nitrogen and oxygen atoms in total. The Morgan fingerprint density at radius 2 is 2.10 bits per heavy atom. The minimum Gasteiger partial charge on any atom is -0.496 e. The summed E-state index contributed by atoms with van der Waals surface area (Å²) in [4.78, 5) is 0. The van der Waals surface area contributed by atoms with Crippen LogP contribution in [0.5, 0.6) is 5.75 Å². The molecule has 0 bridgehead atoms. The van der Waals surface area contributed by atoms with Gasteiger partial charge in [0, 0.05) is 21.3 Å². The highest BCUT2D eigenvalue weighted by atomic mass is 79.9. The lowest BCUT2D eigenvalue weighted by molar-refractivity contribution is 0.197. The topological polar surface area (TPSA) is 47.3 Å². The van der Waals surface area contributed by atoms with E-state index in [1.54, 1.807) is 14.0 Å². The number of nitrogens with zero attached hydrogens (tertiary/aromatic N) is 2. The van der Waals surface area contributed by atoms with Crippen LogP contribution in [0.4, 0.5) is 0 Å². The summed E-state index contributed by atoms with van der Waals surface area (Å²) in [7, 11) is 1.66. The van der Waals surface area contributed by atoms with Crippen LogP contribution in [-0.4, -0.2) is 22.0 Å². The van der Waals surface area contributed by atoms with E-state index in [1.165, 1.54) is 0 Å². The molecule has 5 heteroatoms. The van der Waals surface area contributed by atoms with Crippen molar-refractivity contribution < 1.29 is 9.84 Å². The third kappa shape index (κ3) is 2.88. The van der Waals surface area contributed by atoms with Crippen LogP contribution >= 0.6 is 15.9 Å². The summed E-state index contributed by atoms with van der Waals surface area (Å²) in [5, 5.41) is 14.3. The van der Waals surface area contributed by atoms with Crippen LogP contribution in [0, 0.1) is 13.8 Å². The van der Waals surface area contributed by atoms with Gasteiger partial charge in [0.05, 0.1) is 25.5 Å². The summed E-state index contributed by atoms with van der Waals surface area (Å²) in [5.41, 5.74) is 3.80. The van der Waals surface area contributed by atoms with Crippen molar-refractivity contribution >= 4 is 15.9 Å².